The van der Waals surface area contributed by atoms with Crippen molar-refractivity contribution in [2.24, 2.45) is 10.9 Å². The summed E-state index contributed by atoms with van der Waals surface area (Å²) in [6.07, 6.45) is 1.18. The van der Waals surface area contributed by atoms with Crippen molar-refractivity contribution in [1.29, 1.82) is 0 Å². The Morgan fingerprint density at radius 2 is 1.81 bits per heavy atom. The van der Waals surface area contributed by atoms with E-state index in [2.05, 4.69) is 4.99 Å². The minimum atomic E-state index is -1.18. The van der Waals surface area contributed by atoms with Gasteiger partial charge in [0.15, 0.2) is 0 Å². The maximum Gasteiger partial charge on any atom is 0.313 e. The second kappa shape index (κ2) is 3.77. The predicted octanol–water partition coefficient (Wildman–Crippen LogP) is 1.27. The molecule has 0 fully saturated rings. The second-order valence-corrected chi connectivity index (χ2v) is 3.52. The Morgan fingerprint density at radius 3 is 2.44 bits per heavy atom. The van der Waals surface area contributed by atoms with Gasteiger partial charge >= 0.3 is 11.9 Å². The van der Waals surface area contributed by atoms with E-state index >= 15 is 0 Å². The van der Waals surface area contributed by atoms with E-state index in [4.69, 9.17) is 10.2 Å². The molecular weight excluding hydrogens is 210 g/mol. The molecule has 5 nitrogen and oxygen atoms in total. The van der Waals surface area contributed by atoms with Crippen molar-refractivity contribution >= 4 is 23.8 Å². The third kappa shape index (κ3) is 1.56. The maximum absolute atomic E-state index is 11.1. The number of hydrogen-bond acceptors (Lipinski definition) is 3. The van der Waals surface area contributed by atoms with Crippen LogP contribution in [0, 0.1) is 5.92 Å². The molecule has 1 aliphatic heterocycles. The number of carboxylic acids is 2. The number of aliphatic carboxylic acids is 2. The normalized spacial score (nSPS) is 22.5. The lowest BCUT2D eigenvalue weighted by Crippen LogP contribution is -2.31. The number of benzene rings is 1. The maximum atomic E-state index is 11.1. The topological polar surface area (TPSA) is 87.0 Å². The first-order chi connectivity index (χ1) is 7.61. The molecule has 16 heavy (non-hydrogen) atoms. The Balaban J connectivity index is 2.54. The molecule has 1 heterocycles. The summed E-state index contributed by atoms with van der Waals surface area (Å²) in [5.74, 6) is -4.49. The minimum absolute atomic E-state index is 0.449. The molecular formula is C11H9NO4. The van der Waals surface area contributed by atoms with Crippen molar-refractivity contribution in [2.75, 3.05) is 0 Å². The van der Waals surface area contributed by atoms with E-state index in [9.17, 15) is 9.59 Å². The molecule has 1 aromatic rings. The summed E-state index contributed by atoms with van der Waals surface area (Å²) in [6, 6.07) is 6.67. The predicted molar refractivity (Wildman–Crippen MR) is 56.1 cm³/mol. The summed E-state index contributed by atoms with van der Waals surface area (Å²) in [5, 5.41) is 18.0. The van der Waals surface area contributed by atoms with Crippen molar-refractivity contribution in [3.8, 4) is 0 Å². The molecule has 0 saturated heterocycles. The van der Waals surface area contributed by atoms with E-state index in [1.54, 1.807) is 24.3 Å². The first-order valence-electron chi connectivity index (χ1n) is 4.70. The first kappa shape index (κ1) is 10.4. The Morgan fingerprint density at radius 1 is 1.12 bits per heavy atom. The van der Waals surface area contributed by atoms with Crippen LogP contribution >= 0.6 is 0 Å². The standard InChI is InChI=1S/C11H9NO4/c13-10(14)7-5-12-8-4-2-1-3-6(8)9(7)11(15)16/h1-5,7,9H,(H,13,14)(H,15,16). The van der Waals surface area contributed by atoms with Gasteiger partial charge in [-0.15, -0.1) is 0 Å². The summed E-state index contributed by atoms with van der Waals surface area (Å²) in [7, 11) is 0. The van der Waals surface area contributed by atoms with E-state index in [-0.39, 0.29) is 0 Å². The zero-order valence-electron chi connectivity index (χ0n) is 8.20. The number of fused-ring (bicyclic) bond motifs is 1. The van der Waals surface area contributed by atoms with Crippen LogP contribution in [0.2, 0.25) is 0 Å². The fraction of sp³-hybridized carbons (Fsp3) is 0.182. The van der Waals surface area contributed by atoms with Crippen LogP contribution in [0.1, 0.15) is 11.5 Å². The SMILES string of the molecule is O=C(O)C1C=Nc2ccccc2C1C(=O)O. The van der Waals surface area contributed by atoms with Crippen molar-refractivity contribution in [3.05, 3.63) is 29.8 Å². The Hall–Kier alpha value is -2.17. The summed E-state index contributed by atoms with van der Waals surface area (Å²) in [6.45, 7) is 0. The van der Waals surface area contributed by atoms with E-state index in [0.29, 0.717) is 11.3 Å². The lowest BCUT2D eigenvalue weighted by Gasteiger charge is -2.22. The van der Waals surface area contributed by atoms with Gasteiger partial charge in [-0.3, -0.25) is 14.6 Å². The average Bonchev–Trinajstić information content (AvgIpc) is 2.27. The molecule has 2 N–H and O–H groups in total. The molecule has 0 amide bonds. The summed E-state index contributed by atoms with van der Waals surface area (Å²) < 4.78 is 0. The van der Waals surface area contributed by atoms with Gasteiger partial charge in [0.1, 0.15) is 11.8 Å². The van der Waals surface area contributed by atoms with Crippen molar-refractivity contribution in [3.63, 3.8) is 0 Å². The smallest absolute Gasteiger partial charge is 0.313 e. The largest absolute Gasteiger partial charge is 0.481 e. The monoisotopic (exact) mass is 219 g/mol. The Labute approximate surface area is 91.1 Å². The van der Waals surface area contributed by atoms with Crippen LogP contribution < -0.4 is 0 Å². The van der Waals surface area contributed by atoms with Crippen molar-refractivity contribution in [1.82, 2.24) is 0 Å². The number of rotatable bonds is 2. The van der Waals surface area contributed by atoms with Gasteiger partial charge in [0.2, 0.25) is 0 Å². The molecule has 0 bridgehead atoms. The third-order valence-electron chi connectivity index (χ3n) is 2.56. The minimum Gasteiger partial charge on any atom is -0.481 e. The highest BCUT2D eigenvalue weighted by molar-refractivity contribution is 5.99. The summed E-state index contributed by atoms with van der Waals surface area (Å²) in [5.41, 5.74) is 0.970. The first-order valence-corrected chi connectivity index (χ1v) is 4.70. The lowest BCUT2D eigenvalue weighted by molar-refractivity contribution is -0.147. The summed E-state index contributed by atoms with van der Waals surface area (Å²) in [4.78, 5) is 26.0. The fourth-order valence-corrected chi connectivity index (χ4v) is 1.80. The van der Waals surface area contributed by atoms with Gasteiger partial charge in [-0.25, -0.2) is 0 Å². The van der Waals surface area contributed by atoms with E-state index in [0.717, 1.165) is 0 Å². The lowest BCUT2D eigenvalue weighted by atomic mass is 9.84. The molecule has 2 atom stereocenters. The van der Waals surface area contributed by atoms with Crippen LogP contribution in [-0.4, -0.2) is 28.4 Å². The molecule has 1 aliphatic rings. The fourth-order valence-electron chi connectivity index (χ4n) is 1.80. The van der Waals surface area contributed by atoms with Crippen LogP contribution in [0.3, 0.4) is 0 Å². The number of carboxylic acid groups (broad SMARTS) is 2. The van der Waals surface area contributed by atoms with Crippen LogP contribution in [-0.2, 0) is 9.59 Å². The molecule has 0 aliphatic carbocycles. The molecule has 82 valence electrons. The number of aliphatic imine (C=N–C) groups is 1. The van der Waals surface area contributed by atoms with Gasteiger partial charge in [0, 0.05) is 6.21 Å². The van der Waals surface area contributed by atoms with Crippen molar-refractivity contribution < 1.29 is 19.8 Å². The average molecular weight is 219 g/mol. The Kier molecular flexibility index (Phi) is 2.44. The highest BCUT2D eigenvalue weighted by Crippen LogP contribution is 2.35. The molecule has 0 radical (unpaired) electrons. The zero-order valence-corrected chi connectivity index (χ0v) is 8.20. The van der Waals surface area contributed by atoms with E-state index < -0.39 is 23.8 Å². The van der Waals surface area contributed by atoms with E-state index in [1.165, 1.54) is 6.21 Å². The molecule has 2 rings (SSSR count). The zero-order chi connectivity index (χ0) is 11.7. The van der Waals surface area contributed by atoms with Crippen LogP contribution in [0.25, 0.3) is 0 Å². The molecule has 0 spiro atoms. The molecule has 1 aromatic carbocycles. The number of nitrogens with zero attached hydrogens (tertiary/aromatic N) is 1. The van der Waals surface area contributed by atoms with Crippen LogP contribution in [0.5, 0.6) is 0 Å². The van der Waals surface area contributed by atoms with Crippen LogP contribution in [0.15, 0.2) is 29.3 Å². The highest BCUT2D eigenvalue weighted by atomic mass is 16.4. The third-order valence-corrected chi connectivity index (χ3v) is 2.56. The highest BCUT2D eigenvalue weighted by Gasteiger charge is 2.37. The summed E-state index contributed by atoms with van der Waals surface area (Å²) >= 11 is 0. The van der Waals surface area contributed by atoms with Crippen molar-refractivity contribution in [2.45, 2.75) is 5.92 Å². The quantitative estimate of drug-likeness (QED) is 0.784. The van der Waals surface area contributed by atoms with Gasteiger partial charge < -0.3 is 10.2 Å². The Bertz CT molecular complexity index is 481. The van der Waals surface area contributed by atoms with Gasteiger partial charge in [0.25, 0.3) is 0 Å². The van der Waals surface area contributed by atoms with Gasteiger partial charge in [0.05, 0.1) is 5.69 Å². The second-order valence-electron chi connectivity index (χ2n) is 3.52. The van der Waals surface area contributed by atoms with Gasteiger partial charge in [-0.05, 0) is 11.6 Å². The number of para-hydroxylation sites is 1. The molecule has 5 heteroatoms. The number of carbonyl (C=O) groups is 2. The van der Waals surface area contributed by atoms with Gasteiger partial charge in [-0.2, -0.15) is 0 Å². The molecule has 2 unspecified atom stereocenters. The number of hydrogen-bond donors (Lipinski definition) is 2. The van der Waals surface area contributed by atoms with E-state index in [1.807, 2.05) is 0 Å². The molecule has 0 saturated carbocycles. The van der Waals surface area contributed by atoms with Crippen LogP contribution in [0.4, 0.5) is 5.69 Å². The molecule has 0 aromatic heterocycles. The van der Waals surface area contributed by atoms with Gasteiger partial charge in [-0.1, -0.05) is 18.2 Å².